The molecule has 2 rings (SSSR count). The molecule has 1 aromatic rings. The van der Waals surface area contributed by atoms with Crippen LogP contribution in [0, 0.1) is 0 Å². The minimum absolute atomic E-state index is 0.105. The van der Waals surface area contributed by atoms with Crippen LogP contribution in [0.5, 0.6) is 0 Å². The summed E-state index contributed by atoms with van der Waals surface area (Å²) in [5, 5.41) is 0.263. The van der Waals surface area contributed by atoms with Gasteiger partial charge in [-0.25, -0.2) is 0 Å². The van der Waals surface area contributed by atoms with E-state index in [-0.39, 0.29) is 14.7 Å². The Balaban J connectivity index is 2.07. The molecular formula is C13H20OSi. The van der Waals surface area contributed by atoms with Crippen molar-refractivity contribution in [3.8, 4) is 0 Å². The zero-order valence-electron chi connectivity index (χ0n) is 9.54. The van der Waals surface area contributed by atoms with Crippen LogP contribution in [-0.4, -0.2) is 21.4 Å². The van der Waals surface area contributed by atoms with Gasteiger partial charge >= 0.3 is 0 Å². The van der Waals surface area contributed by atoms with Crippen LogP contribution in [0.3, 0.4) is 0 Å². The van der Waals surface area contributed by atoms with Crippen molar-refractivity contribution in [2.24, 2.45) is 0 Å². The molecule has 1 aliphatic rings. The first-order valence-corrected chi connectivity index (χ1v) is 8.15. The largest absolute Gasteiger partial charge is 0.379 e. The molecule has 0 amide bonds. The van der Waals surface area contributed by atoms with Crippen molar-refractivity contribution in [1.29, 1.82) is 0 Å². The fourth-order valence-corrected chi connectivity index (χ4v) is 3.91. The number of hydrogen-bond acceptors (Lipinski definition) is 1. The molecule has 1 heterocycles. The van der Waals surface area contributed by atoms with Crippen molar-refractivity contribution in [3.05, 3.63) is 35.9 Å². The zero-order valence-corrected chi connectivity index (χ0v) is 11.0. The highest BCUT2D eigenvalue weighted by Crippen LogP contribution is 2.27. The van der Waals surface area contributed by atoms with Crippen LogP contribution in [0.2, 0.25) is 6.55 Å². The molecule has 1 aliphatic heterocycles. The van der Waals surface area contributed by atoms with Gasteiger partial charge in [0, 0.05) is 6.61 Å². The first-order chi connectivity index (χ1) is 7.35. The van der Waals surface area contributed by atoms with Gasteiger partial charge < -0.3 is 4.74 Å². The zero-order chi connectivity index (χ0) is 10.6. The summed E-state index contributed by atoms with van der Waals surface area (Å²) >= 11 is 0. The van der Waals surface area contributed by atoms with Gasteiger partial charge in [0.1, 0.15) is 0 Å². The Kier molecular flexibility index (Phi) is 3.60. The highest BCUT2D eigenvalue weighted by Gasteiger charge is 2.31. The predicted molar refractivity (Wildman–Crippen MR) is 67.1 cm³/mol. The van der Waals surface area contributed by atoms with Crippen LogP contribution in [-0.2, 0) is 11.2 Å². The third kappa shape index (κ3) is 2.70. The summed E-state index contributed by atoms with van der Waals surface area (Å²) in [6, 6.07) is 10.8. The second-order valence-electron chi connectivity index (χ2n) is 4.50. The van der Waals surface area contributed by atoms with E-state index >= 15 is 0 Å². The van der Waals surface area contributed by atoms with Gasteiger partial charge in [0.2, 0.25) is 0 Å². The monoisotopic (exact) mass is 220 g/mol. The van der Waals surface area contributed by atoms with Gasteiger partial charge in [-0.1, -0.05) is 36.9 Å². The van der Waals surface area contributed by atoms with E-state index in [9.17, 15) is 0 Å². The highest BCUT2D eigenvalue weighted by molar-refractivity contribution is 6.37. The van der Waals surface area contributed by atoms with Crippen molar-refractivity contribution in [1.82, 2.24) is 0 Å². The fraction of sp³-hybridized carbons (Fsp3) is 0.538. The quantitative estimate of drug-likeness (QED) is 0.711. The van der Waals surface area contributed by atoms with Crippen LogP contribution in [0.1, 0.15) is 24.8 Å². The molecule has 1 saturated heterocycles. The lowest BCUT2D eigenvalue weighted by Crippen LogP contribution is -2.43. The first kappa shape index (κ1) is 10.9. The molecule has 0 saturated carbocycles. The first-order valence-electron chi connectivity index (χ1n) is 6.02. The number of hydrogen-bond donors (Lipinski definition) is 0. The van der Waals surface area contributed by atoms with E-state index in [1.807, 2.05) is 0 Å². The lowest BCUT2D eigenvalue weighted by atomic mass is 10.0. The smallest absolute Gasteiger partial charge is 0.0568 e. The second-order valence-corrected chi connectivity index (χ2v) is 6.50. The molecule has 0 N–H and O–H groups in total. The normalized spacial score (nSPS) is 27.3. The third-order valence-electron chi connectivity index (χ3n) is 3.45. The van der Waals surface area contributed by atoms with Gasteiger partial charge in [-0.05, 0) is 31.2 Å². The maximum Gasteiger partial charge on any atom is 0.0568 e. The summed E-state index contributed by atoms with van der Waals surface area (Å²) in [5.41, 5.74) is 1.44. The lowest BCUT2D eigenvalue weighted by molar-refractivity contribution is -0.0192. The average Bonchev–Trinajstić information content (AvgIpc) is 2.32. The fourth-order valence-electron chi connectivity index (χ4n) is 2.42. The van der Waals surface area contributed by atoms with Crippen molar-refractivity contribution in [2.75, 3.05) is 6.61 Å². The molecular weight excluding hydrogens is 200 g/mol. The van der Waals surface area contributed by atoms with Crippen molar-refractivity contribution in [2.45, 2.75) is 37.5 Å². The molecule has 0 bridgehead atoms. The molecule has 0 aliphatic carbocycles. The molecule has 1 nitrogen and oxygen atoms in total. The van der Waals surface area contributed by atoms with E-state index in [1.54, 1.807) is 0 Å². The predicted octanol–water partition coefficient (Wildman–Crippen LogP) is 2.34. The van der Waals surface area contributed by atoms with Gasteiger partial charge in [0.15, 0.2) is 0 Å². The van der Waals surface area contributed by atoms with E-state index in [0.29, 0.717) is 0 Å². The number of benzene rings is 1. The lowest BCUT2D eigenvalue weighted by Gasteiger charge is -2.36. The summed E-state index contributed by atoms with van der Waals surface area (Å²) in [6.45, 7) is 3.36. The molecule has 2 heteroatoms. The SMILES string of the molecule is C[SiH2]C1(Cc2ccccc2)CCCCO1. The van der Waals surface area contributed by atoms with Crippen LogP contribution in [0.25, 0.3) is 0 Å². The van der Waals surface area contributed by atoms with E-state index in [1.165, 1.54) is 24.8 Å². The van der Waals surface area contributed by atoms with E-state index in [4.69, 9.17) is 4.74 Å². The van der Waals surface area contributed by atoms with Gasteiger partial charge in [-0.3, -0.25) is 0 Å². The molecule has 0 spiro atoms. The maximum atomic E-state index is 6.08. The summed E-state index contributed by atoms with van der Waals surface area (Å²) in [5.74, 6) is 0. The summed E-state index contributed by atoms with van der Waals surface area (Å²) < 4.78 is 6.08. The van der Waals surface area contributed by atoms with Crippen molar-refractivity contribution in [3.63, 3.8) is 0 Å². The molecule has 0 radical (unpaired) electrons. The molecule has 15 heavy (non-hydrogen) atoms. The molecule has 1 aromatic carbocycles. The summed E-state index contributed by atoms with van der Waals surface area (Å²) in [4.78, 5) is 0. The number of rotatable bonds is 3. The van der Waals surface area contributed by atoms with Gasteiger partial charge in [-0.2, -0.15) is 0 Å². The second kappa shape index (κ2) is 4.95. The maximum absolute atomic E-state index is 6.08. The molecule has 1 atom stereocenters. The van der Waals surface area contributed by atoms with E-state index in [2.05, 4.69) is 36.9 Å². The van der Waals surface area contributed by atoms with Gasteiger partial charge in [0.05, 0.1) is 14.7 Å². The Morgan fingerprint density at radius 3 is 2.67 bits per heavy atom. The Morgan fingerprint density at radius 2 is 2.07 bits per heavy atom. The standard InChI is InChI=1S/C13H20OSi/c1-15-13(9-5-6-10-14-13)11-12-7-3-2-4-8-12/h2-4,7-8H,5-6,9-11,15H2,1H3. The van der Waals surface area contributed by atoms with Crippen molar-refractivity contribution >= 4 is 9.52 Å². The molecule has 1 unspecified atom stereocenters. The Labute approximate surface area is 94.7 Å². The van der Waals surface area contributed by atoms with Crippen LogP contribution < -0.4 is 0 Å². The summed E-state index contributed by atoms with van der Waals surface area (Å²) in [6.07, 6.45) is 5.03. The Bertz CT molecular complexity index is 291. The van der Waals surface area contributed by atoms with Crippen molar-refractivity contribution < 1.29 is 4.74 Å². The summed E-state index contributed by atoms with van der Waals surface area (Å²) in [7, 11) is -0.105. The molecule has 82 valence electrons. The van der Waals surface area contributed by atoms with Crippen LogP contribution in [0.15, 0.2) is 30.3 Å². The van der Waals surface area contributed by atoms with E-state index in [0.717, 1.165) is 13.0 Å². The minimum atomic E-state index is -0.105. The van der Waals surface area contributed by atoms with Crippen LogP contribution >= 0.6 is 0 Å². The minimum Gasteiger partial charge on any atom is -0.379 e. The topological polar surface area (TPSA) is 9.23 Å². The molecule has 1 fully saturated rings. The molecule has 0 aromatic heterocycles. The Morgan fingerprint density at radius 1 is 1.27 bits per heavy atom. The van der Waals surface area contributed by atoms with E-state index < -0.39 is 0 Å². The van der Waals surface area contributed by atoms with Gasteiger partial charge in [0.25, 0.3) is 0 Å². The number of ether oxygens (including phenoxy) is 1. The Hall–Kier alpha value is -0.603. The van der Waals surface area contributed by atoms with Crippen LogP contribution in [0.4, 0.5) is 0 Å². The third-order valence-corrected chi connectivity index (χ3v) is 5.54. The average molecular weight is 220 g/mol. The van der Waals surface area contributed by atoms with Gasteiger partial charge in [-0.15, -0.1) is 0 Å². The highest BCUT2D eigenvalue weighted by atomic mass is 28.2.